The topological polar surface area (TPSA) is 80.2 Å². The van der Waals surface area contributed by atoms with E-state index in [9.17, 15) is 23.2 Å². The van der Waals surface area contributed by atoms with Crippen LogP contribution in [0.15, 0.2) is 77.7 Å². The van der Waals surface area contributed by atoms with Gasteiger partial charge in [-0.2, -0.15) is 0 Å². The largest absolute Gasteiger partial charge is 0.326 e. The quantitative estimate of drug-likeness (QED) is 0.505. The molecule has 1 aromatic heterocycles. The van der Waals surface area contributed by atoms with Crippen LogP contribution in [0, 0.1) is 23.5 Å². The van der Waals surface area contributed by atoms with Crippen molar-refractivity contribution in [1.82, 2.24) is 4.57 Å². The summed E-state index contributed by atoms with van der Waals surface area (Å²) in [4.78, 5) is 37.7. The van der Waals surface area contributed by atoms with Gasteiger partial charge in [0, 0.05) is 24.0 Å². The highest BCUT2D eigenvalue weighted by Crippen LogP contribution is 2.37. The highest BCUT2D eigenvalue weighted by Gasteiger charge is 2.39. The minimum absolute atomic E-state index is 0.0744. The Kier molecular flexibility index (Phi) is 6.61. The number of nitrogens with zero attached hydrogens (tertiary/aromatic N) is 1. The van der Waals surface area contributed by atoms with Gasteiger partial charge in [0.1, 0.15) is 11.6 Å². The molecule has 174 valence electrons. The van der Waals surface area contributed by atoms with Gasteiger partial charge in [-0.25, -0.2) is 8.78 Å². The molecular weight excluding hydrogens is 464 g/mol. The standard InChI is InChI=1S/C25H20ClF2N3O3/c1-14-10-17(24(33)29-15-5-7-19(26)20(27)12-15)18(11-14)25(34)30-22-8-6-16(13-21(22)28)31-9-3-2-4-23(31)32/h2-9,12-13,17-18H,1,10-11H2,(H,29,33)(H,30,34)/t17-,18-/m0/s1. The minimum atomic E-state index is -0.777. The van der Waals surface area contributed by atoms with Crippen LogP contribution in [0.2, 0.25) is 5.02 Å². The van der Waals surface area contributed by atoms with Crippen LogP contribution >= 0.6 is 11.6 Å². The van der Waals surface area contributed by atoms with Crippen LogP contribution in [0.25, 0.3) is 5.69 Å². The van der Waals surface area contributed by atoms with Gasteiger partial charge in [0.25, 0.3) is 5.56 Å². The molecule has 4 rings (SSSR count). The van der Waals surface area contributed by atoms with E-state index in [0.717, 1.165) is 12.1 Å². The molecular formula is C25H20ClF2N3O3. The van der Waals surface area contributed by atoms with Crippen molar-refractivity contribution in [3.63, 3.8) is 0 Å². The fraction of sp³-hybridized carbons (Fsp3) is 0.160. The van der Waals surface area contributed by atoms with Gasteiger partial charge in [-0.3, -0.25) is 19.0 Å². The molecule has 2 aromatic carbocycles. The van der Waals surface area contributed by atoms with Gasteiger partial charge in [-0.1, -0.05) is 29.8 Å². The monoisotopic (exact) mass is 483 g/mol. The molecule has 0 aliphatic heterocycles. The summed E-state index contributed by atoms with van der Waals surface area (Å²) in [6, 6.07) is 12.4. The van der Waals surface area contributed by atoms with E-state index < -0.39 is 35.3 Å². The number of carbonyl (C=O) groups is 2. The lowest BCUT2D eigenvalue weighted by atomic mass is 9.94. The molecule has 0 unspecified atom stereocenters. The van der Waals surface area contributed by atoms with E-state index >= 15 is 0 Å². The second-order valence-electron chi connectivity index (χ2n) is 8.05. The van der Waals surface area contributed by atoms with Gasteiger partial charge in [0.05, 0.1) is 28.2 Å². The smallest absolute Gasteiger partial charge is 0.255 e. The second kappa shape index (κ2) is 9.61. The van der Waals surface area contributed by atoms with E-state index in [1.807, 2.05) is 0 Å². The molecule has 0 bridgehead atoms. The maximum Gasteiger partial charge on any atom is 0.255 e. The van der Waals surface area contributed by atoms with E-state index in [0.29, 0.717) is 11.3 Å². The van der Waals surface area contributed by atoms with Crippen LogP contribution in [0.3, 0.4) is 0 Å². The molecule has 1 fully saturated rings. The van der Waals surface area contributed by atoms with Gasteiger partial charge in [0.2, 0.25) is 11.8 Å². The van der Waals surface area contributed by atoms with E-state index in [1.165, 1.54) is 41.1 Å². The zero-order valence-electron chi connectivity index (χ0n) is 17.9. The molecule has 0 spiro atoms. The van der Waals surface area contributed by atoms with Crippen LogP contribution in [0.1, 0.15) is 12.8 Å². The van der Waals surface area contributed by atoms with E-state index in [-0.39, 0.29) is 34.8 Å². The molecule has 2 amide bonds. The van der Waals surface area contributed by atoms with Crippen LogP contribution < -0.4 is 16.2 Å². The molecule has 9 heteroatoms. The fourth-order valence-electron chi connectivity index (χ4n) is 3.97. The molecule has 6 nitrogen and oxygen atoms in total. The number of allylic oxidation sites excluding steroid dienone is 1. The lowest BCUT2D eigenvalue weighted by Crippen LogP contribution is -2.33. The molecule has 34 heavy (non-hydrogen) atoms. The van der Waals surface area contributed by atoms with Crippen molar-refractivity contribution < 1.29 is 18.4 Å². The first-order valence-electron chi connectivity index (χ1n) is 10.4. The maximum atomic E-state index is 14.7. The first kappa shape index (κ1) is 23.4. The molecule has 2 atom stereocenters. The van der Waals surface area contributed by atoms with E-state index in [1.54, 1.807) is 12.1 Å². The molecule has 0 radical (unpaired) electrons. The SMILES string of the molecule is C=C1C[C@H](C(=O)Nc2ccc(Cl)c(F)c2)[C@@H](C(=O)Nc2ccc(-n3ccccc3=O)cc2F)C1. The second-order valence-corrected chi connectivity index (χ2v) is 8.46. The highest BCUT2D eigenvalue weighted by atomic mass is 35.5. The minimum Gasteiger partial charge on any atom is -0.326 e. The van der Waals surface area contributed by atoms with Crippen molar-refractivity contribution in [2.45, 2.75) is 12.8 Å². The lowest BCUT2D eigenvalue weighted by Gasteiger charge is -2.19. The first-order chi connectivity index (χ1) is 16.2. The van der Waals surface area contributed by atoms with Crippen molar-refractivity contribution in [3.05, 3.63) is 100.0 Å². The predicted molar refractivity (Wildman–Crippen MR) is 126 cm³/mol. The van der Waals surface area contributed by atoms with Gasteiger partial charge in [-0.05, 0) is 49.2 Å². The molecule has 1 aliphatic rings. The number of rotatable bonds is 5. The Bertz CT molecular complexity index is 1360. The summed E-state index contributed by atoms with van der Waals surface area (Å²) >= 11 is 5.67. The summed E-state index contributed by atoms with van der Waals surface area (Å²) in [6.07, 6.45) is 2.05. The van der Waals surface area contributed by atoms with Crippen molar-refractivity contribution >= 4 is 34.8 Å². The molecule has 1 aliphatic carbocycles. The number of carbonyl (C=O) groups excluding carboxylic acids is 2. The Morgan fingerprint density at radius 3 is 2.29 bits per heavy atom. The average molecular weight is 484 g/mol. The maximum absolute atomic E-state index is 14.7. The third kappa shape index (κ3) is 4.92. The number of nitrogens with one attached hydrogen (secondary N) is 2. The Balaban J connectivity index is 1.49. The van der Waals surface area contributed by atoms with Crippen LogP contribution in [-0.4, -0.2) is 16.4 Å². The fourth-order valence-corrected chi connectivity index (χ4v) is 4.09. The Morgan fingerprint density at radius 1 is 0.941 bits per heavy atom. The number of amides is 2. The zero-order valence-corrected chi connectivity index (χ0v) is 18.6. The predicted octanol–water partition coefficient (Wildman–Crippen LogP) is 4.93. The number of hydrogen-bond donors (Lipinski definition) is 2. The normalized spacial score (nSPS) is 17.4. The Hall–Kier alpha value is -3.78. The Morgan fingerprint density at radius 2 is 1.65 bits per heavy atom. The van der Waals surface area contributed by atoms with Crippen molar-refractivity contribution in [2.24, 2.45) is 11.8 Å². The van der Waals surface area contributed by atoms with Gasteiger partial charge >= 0.3 is 0 Å². The Labute approximate surface area is 198 Å². The van der Waals surface area contributed by atoms with Crippen LogP contribution in [0.4, 0.5) is 20.2 Å². The van der Waals surface area contributed by atoms with Gasteiger partial charge in [0.15, 0.2) is 0 Å². The molecule has 2 N–H and O–H groups in total. The summed E-state index contributed by atoms with van der Waals surface area (Å²) in [6.45, 7) is 3.89. The number of halogens is 3. The number of aromatic nitrogens is 1. The van der Waals surface area contributed by atoms with E-state index in [4.69, 9.17) is 11.6 Å². The molecule has 1 heterocycles. The summed E-state index contributed by atoms with van der Waals surface area (Å²) in [5.41, 5.74) is 0.831. The summed E-state index contributed by atoms with van der Waals surface area (Å²) < 4.78 is 29.7. The average Bonchev–Trinajstić information content (AvgIpc) is 3.20. The number of benzene rings is 2. The van der Waals surface area contributed by atoms with Crippen molar-refractivity contribution in [1.29, 1.82) is 0 Å². The van der Waals surface area contributed by atoms with Crippen LogP contribution in [0.5, 0.6) is 0 Å². The first-order valence-corrected chi connectivity index (χ1v) is 10.8. The number of hydrogen-bond acceptors (Lipinski definition) is 3. The summed E-state index contributed by atoms with van der Waals surface area (Å²) in [5.74, 6) is -3.95. The third-order valence-electron chi connectivity index (χ3n) is 5.67. The summed E-state index contributed by atoms with van der Waals surface area (Å²) in [7, 11) is 0. The molecule has 1 saturated carbocycles. The van der Waals surface area contributed by atoms with Crippen molar-refractivity contribution in [3.8, 4) is 5.69 Å². The zero-order chi connectivity index (χ0) is 24.4. The molecule has 0 saturated heterocycles. The van der Waals surface area contributed by atoms with Gasteiger partial charge < -0.3 is 10.6 Å². The molecule has 3 aromatic rings. The van der Waals surface area contributed by atoms with Gasteiger partial charge in [-0.15, -0.1) is 0 Å². The van der Waals surface area contributed by atoms with Crippen LogP contribution in [-0.2, 0) is 9.59 Å². The van der Waals surface area contributed by atoms with Crippen molar-refractivity contribution in [2.75, 3.05) is 10.6 Å². The third-order valence-corrected chi connectivity index (χ3v) is 5.98. The highest BCUT2D eigenvalue weighted by molar-refractivity contribution is 6.30. The number of pyridine rings is 1. The summed E-state index contributed by atoms with van der Waals surface area (Å²) in [5, 5.41) is 5.06. The van der Waals surface area contributed by atoms with E-state index in [2.05, 4.69) is 17.2 Å². The lowest BCUT2D eigenvalue weighted by molar-refractivity contribution is -0.128. The number of anilines is 2.